The Morgan fingerprint density at radius 2 is 1.79 bits per heavy atom. The third-order valence-corrected chi connectivity index (χ3v) is 5.23. The van der Waals surface area contributed by atoms with Crippen LogP contribution < -0.4 is 16.0 Å². The van der Waals surface area contributed by atoms with E-state index in [2.05, 4.69) is 16.0 Å². The first-order chi connectivity index (χ1) is 13.3. The van der Waals surface area contributed by atoms with Crippen LogP contribution in [0.25, 0.3) is 0 Å². The van der Waals surface area contributed by atoms with Crippen molar-refractivity contribution >= 4 is 17.6 Å². The van der Waals surface area contributed by atoms with Crippen molar-refractivity contribution in [3.05, 3.63) is 65.2 Å². The molecule has 0 aliphatic heterocycles. The molecule has 6 heteroatoms. The van der Waals surface area contributed by atoms with Gasteiger partial charge in [-0.15, -0.1) is 0 Å². The number of rotatable bonds is 5. The van der Waals surface area contributed by atoms with Gasteiger partial charge in [-0.3, -0.25) is 4.79 Å². The van der Waals surface area contributed by atoms with Crippen LogP contribution in [0.5, 0.6) is 0 Å². The van der Waals surface area contributed by atoms with Crippen LogP contribution in [0.2, 0.25) is 0 Å². The van der Waals surface area contributed by atoms with Crippen molar-refractivity contribution < 1.29 is 14.7 Å². The molecular formula is C22H27N3O3. The second-order valence-corrected chi connectivity index (χ2v) is 7.82. The van der Waals surface area contributed by atoms with E-state index in [1.807, 2.05) is 45.0 Å². The van der Waals surface area contributed by atoms with Crippen LogP contribution in [0.15, 0.2) is 48.5 Å². The number of aliphatic hydroxyl groups is 1. The summed E-state index contributed by atoms with van der Waals surface area (Å²) >= 11 is 0. The SMILES string of the molecule is CCC(C)(C)NC(=O)c1ccc(NC(=O)N[C@H]2c3ccccc3C[C@H]2O)cc1. The maximum absolute atomic E-state index is 12.4. The fourth-order valence-electron chi connectivity index (χ4n) is 3.23. The van der Waals surface area contributed by atoms with Crippen LogP contribution in [0.3, 0.4) is 0 Å². The van der Waals surface area contributed by atoms with Gasteiger partial charge in [-0.2, -0.15) is 0 Å². The Labute approximate surface area is 165 Å². The number of benzene rings is 2. The molecule has 3 rings (SSSR count). The maximum atomic E-state index is 12.4. The largest absolute Gasteiger partial charge is 0.390 e. The predicted octanol–water partition coefficient (Wildman–Crippen LogP) is 3.38. The fraction of sp³-hybridized carbons (Fsp3) is 0.364. The highest BCUT2D eigenvalue weighted by molar-refractivity contribution is 5.96. The number of hydrogen-bond acceptors (Lipinski definition) is 3. The Balaban J connectivity index is 1.60. The molecule has 1 aliphatic rings. The van der Waals surface area contributed by atoms with Gasteiger partial charge in [-0.05, 0) is 55.7 Å². The summed E-state index contributed by atoms with van der Waals surface area (Å²) in [7, 11) is 0. The number of amides is 3. The van der Waals surface area contributed by atoms with Crippen molar-refractivity contribution in [2.75, 3.05) is 5.32 Å². The normalized spacial score (nSPS) is 18.3. The summed E-state index contributed by atoms with van der Waals surface area (Å²) in [4.78, 5) is 24.7. The number of carbonyl (C=O) groups excluding carboxylic acids is 2. The van der Waals surface area contributed by atoms with E-state index in [0.717, 1.165) is 17.5 Å². The predicted molar refractivity (Wildman–Crippen MR) is 109 cm³/mol. The molecule has 4 N–H and O–H groups in total. The smallest absolute Gasteiger partial charge is 0.319 e. The van der Waals surface area contributed by atoms with Gasteiger partial charge in [0, 0.05) is 23.2 Å². The van der Waals surface area contributed by atoms with Crippen LogP contribution in [-0.2, 0) is 6.42 Å². The zero-order chi connectivity index (χ0) is 20.3. The van der Waals surface area contributed by atoms with E-state index in [1.54, 1.807) is 24.3 Å². The van der Waals surface area contributed by atoms with Gasteiger partial charge in [0.15, 0.2) is 0 Å². The molecule has 0 saturated carbocycles. The molecule has 1 aliphatic carbocycles. The second-order valence-electron chi connectivity index (χ2n) is 7.82. The third-order valence-electron chi connectivity index (χ3n) is 5.23. The first-order valence-corrected chi connectivity index (χ1v) is 9.55. The van der Waals surface area contributed by atoms with Gasteiger partial charge in [0.2, 0.25) is 0 Å². The van der Waals surface area contributed by atoms with E-state index in [-0.39, 0.29) is 11.4 Å². The van der Waals surface area contributed by atoms with E-state index in [0.29, 0.717) is 17.7 Å². The van der Waals surface area contributed by atoms with Gasteiger partial charge in [0.1, 0.15) is 0 Å². The lowest BCUT2D eigenvalue weighted by molar-refractivity contribution is 0.0911. The minimum absolute atomic E-state index is 0.145. The molecule has 6 nitrogen and oxygen atoms in total. The molecule has 0 heterocycles. The number of fused-ring (bicyclic) bond motifs is 1. The molecule has 0 saturated heterocycles. The zero-order valence-electron chi connectivity index (χ0n) is 16.5. The van der Waals surface area contributed by atoms with Crippen molar-refractivity contribution in [2.24, 2.45) is 0 Å². The minimum atomic E-state index is -0.642. The Hall–Kier alpha value is -2.86. The summed E-state index contributed by atoms with van der Waals surface area (Å²) in [5.74, 6) is -0.145. The Bertz CT molecular complexity index is 862. The summed E-state index contributed by atoms with van der Waals surface area (Å²) in [6, 6.07) is 13.6. The maximum Gasteiger partial charge on any atom is 0.319 e. The van der Waals surface area contributed by atoms with Gasteiger partial charge in [-0.25, -0.2) is 4.79 Å². The van der Waals surface area contributed by atoms with Crippen molar-refractivity contribution in [3.8, 4) is 0 Å². The van der Waals surface area contributed by atoms with E-state index >= 15 is 0 Å². The summed E-state index contributed by atoms with van der Waals surface area (Å²) in [6.45, 7) is 5.97. The quantitative estimate of drug-likeness (QED) is 0.640. The third kappa shape index (κ3) is 4.51. The lowest BCUT2D eigenvalue weighted by atomic mass is 10.0. The van der Waals surface area contributed by atoms with Crippen molar-refractivity contribution in [1.29, 1.82) is 0 Å². The molecule has 3 amide bonds. The van der Waals surface area contributed by atoms with Gasteiger partial charge < -0.3 is 21.1 Å². The molecule has 2 aromatic carbocycles. The van der Waals surface area contributed by atoms with Gasteiger partial charge in [0.05, 0.1) is 12.1 Å². The standard InChI is InChI=1S/C22H27N3O3/c1-4-22(2,3)25-20(27)14-9-11-16(12-10-14)23-21(28)24-19-17-8-6-5-7-15(17)13-18(19)26/h5-12,18-19,26H,4,13H2,1-3H3,(H,25,27)(H2,23,24,28)/t18-,19+/m1/s1. The monoisotopic (exact) mass is 381 g/mol. The number of urea groups is 1. The van der Waals surface area contributed by atoms with E-state index < -0.39 is 18.2 Å². The topological polar surface area (TPSA) is 90.5 Å². The summed E-state index contributed by atoms with van der Waals surface area (Å²) in [6.07, 6.45) is 0.712. The van der Waals surface area contributed by atoms with Crippen LogP contribution in [0.4, 0.5) is 10.5 Å². The molecule has 2 atom stereocenters. The van der Waals surface area contributed by atoms with Crippen molar-refractivity contribution in [2.45, 2.75) is 51.3 Å². The van der Waals surface area contributed by atoms with Crippen LogP contribution >= 0.6 is 0 Å². The molecule has 0 aromatic heterocycles. The number of hydrogen-bond donors (Lipinski definition) is 4. The first-order valence-electron chi connectivity index (χ1n) is 9.55. The van der Waals surface area contributed by atoms with Crippen molar-refractivity contribution in [3.63, 3.8) is 0 Å². The van der Waals surface area contributed by atoms with Crippen LogP contribution in [0.1, 0.15) is 54.7 Å². The van der Waals surface area contributed by atoms with E-state index in [4.69, 9.17) is 0 Å². The Morgan fingerprint density at radius 3 is 2.46 bits per heavy atom. The van der Waals surface area contributed by atoms with Crippen LogP contribution in [-0.4, -0.2) is 28.7 Å². The Morgan fingerprint density at radius 1 is 1.11 bits per heavy atom. The second kappa shape index (κ2) is 8.02. The van der Waals surface area contributed by atoms with Crippen molar-refractivity contribution in [1.82, 2.24) is 10.6 Å². The molecule has 0 bridgehead atoms. The summed E-state index contributed by atoms with van der Waals surface area (Å²) < 4.78 is 0. The highest BCUT2D eigenvalue weighted by Gasteiger charge is 2.31. The highest BCUT2D eigenvalue weighted by atomic mass is 16.3. The van der Waals surface area contributed by atoms with E-state index in [9.17, 15) is 14.7 Å². The highest BCUT2D eigenvalue weighted by Crippen LogP contribution is 2.31. The minimum Gasteiger partial charge on any atom is -0.390 e. The van der Waals surface area contributed by atoms with E-state index in [1.165, 1.54) is 0 Å². The number of carbonyl (C=O) groups is 2. The number of aliphatic hydroxyl groups excluding tert-OH is 1. The average molecular weight is 381 g/mol. The first kappa shape index (κ1) is 19.9. The molecule has 0 unspecified atom stereocenters. The number of nitrogens with one attached hydrogen (secondary N) is 3. The van der Waals surface area contributed by atoms with Gasteiger partial charge >= 0.3 is 6.03 Å². The number of anilines is 1. The molecule has 148 valence electrons. The lowest BCUT2D eigenvalue weighted by Gasteiger charge is -2.24. The molecule has 0 radical (unpaired) electrons. The average Bonchev–Trinajstić information content (AvgIpc) is 2.97. The van der Waals surface area contributed by atoms with Gasteiger partial charge in [0.25, 0.3) is 5.91 Å². The fourth-order valence-corrected chi connectivity index (χ4v) is 3.23. The van der Waals surface area contributed by atoms with Crippen LogP contribution in [0, 0.1) is 0 Å². The zero-order valence-corrected chi connectivity index (χ0v) is 16.5. The molecule has 2 aromatic rings. The molecule has 0 fully saturated rings. The lowest BCUT2D eigenvalue weighted by Crippen LogP contribution is -2.42. The molecule has 28 heavy (non-hydrogen) atoms. The molecule has 0 spiro atoms. The summed E-state index contributed by atoms with van der Waals surface area (Å²) in [5, 5.41) is 18.8. The van der Waals surface area contributed by atoms with Gasteiger partial charge in [-0.1, -0.05) is 31.2 Å². The Kier molecular flexibility index (Phi) is 5.70. The summed E-state index contributed by atoms with van der Waals surface area (Å²) in [5.41, 5.74) is 2.82. The molecular weight excluding hydrogens is 354 g/mol.